The third-order valence-electron chi connectivity index (χ3n) is 4.49. The van der Waals surface area contributed by atoms with Gasteiger partial charge in [-0.3, -0.25) is 9.69 Å². The van der Waals surface area contributed by atoms with E-state index < -0.39 is 0 Å². The van der Waals surface area contributed by atoms with Crippen LogP contribution in [0.2, 0.25) is 0 Å². The summed E-state index contributed by atoms with van der Waals surface area (Å²) in [5, 5.41) is 2.91. The number of aryl methyl sites for hydroxylation is 1. The summed E-state index contributed by atoms with van der Waals surface area (Å²) in [5.41, 5.74) is 1.76. The molecule has 2 aromatic rings. The molecule has 27 heavy (non-hydrogen) atoms. The third-order valence-corrected chi connectivity index (χ3v) is 4.49. The smallest absolute Gasteiger partial charge is 0.241 e. The Morgan fingerprint density at radius 3 is 2.44 bits per heavy atom. The number of likely N-dealkylation sites (N-methyl/N-ethyl adjacent to an activating group) is 1. The van der Waals surface area contributed by atoms with Crippen molar-refractivity contribution in [2.75, 3.05) is 39.7 Å². The summed E-state index contributed by atoms with van der Waals surface area (Å²) in [6, 6.07) is 12.9. The third kappa shape index (κ3) is 5.62. The van der Waals surface area contributed by atoms with E-state index in [1.807, 2.05) is 50.1 Å². The highest BCUT2D eigenvalue weighted by molar-refractivity contribution is 5.94. The number of hydrogen-bond donors (Lipinski definition) is 1. The quantitative estimate of drug-likeness (QED) is 0.731. The maximum atomic E-state index is 12.5. The highest BCUT2D eigenvalue weighted by Gasteiger charge is 2.18. The molecule has 0 aliphatic rings. The average Bonchev–Trinajstić information content (AvgIpc) is 2.68. The number of rotatable bonds is 9. The van der Waals surface area contributed by atoms with Gasteiger partial charge in [0.25, 0.3) is 0 Å². The van der Waals surface area contributed by atoms with Crippen LogP contribution in [0.4, 0.5) is 5.69 Å². The fraction of sp³-hybridized carbons (Fsp3) is 0.381. The minimum atomic E-state index is -0.307. The highest BCUT2D eigenvalue weighted by Crippen LogP contribution is 2.29. The van der Waals surface area contributed by atoms with E-state index in [0.29, 0.717) is 30.3 Å². The zero-order chi connectivity index (χ0) is 19.8. The Hall–Kier alpha value is -2.73. The summed E-state index contributed by atoms with van der Waals surface area (Å²) in [7, 11) is 5.04. The first-order valence-electron chi connectivity index (χ1n) is 8.87. The van der Waals surface area contributed by atoms with Crippen LogP contribution in [-0.2, 0) is 4.79 Å². The van der Waals surface area contributed by atoms with Gasteiger partial charge in [0.15, 0.2) is 11.5 Å². The van der Waals surface area contributed by atoms with Crippen molar-refractivity contribution >= 4 is 11.6 Å². The lowest BCUT2D eigenvalue weighted by Gasteiger charge is -2.24. The molecule has 0 bridgehead atoms. The lowest BCUT2D eigenvalue weighted by atomic mass is 10.2. The molecule has 0 saturated carbocycles. The Balaban J connectivity index is 1.87. The molecule has 0 fully saturated rings. The van der Waals surface area contributed by atoms with Crippen LogP contribution in [0.15, 0.2) is 42.5 Å². The van der Waals surface area contributed by atoms with Gasteiger partial charge in [-0.05, 0) is 44.7 Å². The number of ether oxygens (including phenoxy) is 3. The molecule has 2 aromatic carbocycles. The molecule has 0 aromatic heterocycles. The highest BCUT2D eigenvalue weighted by atomic mass is 16.5. The van der Waals surface area contributed by atoms with Gasteiger partial charge in [-0.15, -0.1) is 0 Å². The fourth-order valence-corrected chi connectivity index (χ4v) is 2.57. The van der Waals surface area contributed by atoms with Crippen molar-refractivity contribution in [1.29, 1.82) is 0 Å². The number of nitrogens with one attached hydrogen (secondary N) is 1. The predicted octanol–water partition coefficient (Wildman–Crippen LogP) is 3.35. The van der Waals surface area contributed by atoms with Crippen molar-refractivity contribution in [1.82, 2.24) is 4.90 Å². The molecular weight excluding hydrogens is 344 g/mol. The SMILES string of the molecule is COc1ccc(NC(=O)C(C)N(C)CCOc2ccccc2C)cc1OC. The number of para-hydroxylation sites is 1. The standard InChI is InChI=1S/C21H28N2O4/c1-15-8-6-7-9-18(15)27-13-12-23(3)16(2)21(24)22-17-10-11-19(25-4)20(14-17)26-5/h6-11,14,16H,12-13H2,1-5H3,(H,22,24). The summed E-state index contributed by atoms with van der Waals surface area (Å²) in [6.45, 7) is 5.02. The van der Waals surface area contributed by atoms with Gasteiger partial charge in [-0.25, -0.2) is 0 Å². The Morgan fingerprint density at radius 1 is 1.07 bits per heavy atom. The molecule has 1 unspecified atom stereocenters. The minimum absolute atomic E-state index is 0.0967. The van der Waals surface area contributed by atoms with Crippen molar-refractivity contribution in [2.45, 2.75) is 19.9 Å². The van der Waals surface area contributed by atoms with E-state index in [1.54, 1.807) is 32.4 Å². The van der Waals surface area contributed by atoms with Crippen molar-refractivity contribution < 1.29 is 19.0 Å². The minimum Gasteiger partial charge on any atom is -0.493 e. The number of anilines is 1. The van der Waals surface area contributed by atoms with E-state index in [2.05, 4.69) is 5.32 Å². The molecule has 2 rings (SSSR count). The first-order valence-corrected chi connectivity index (χ1v) is 8.87. The lowest BCUT2D eigenvalue weighted by molar-refractivity contribution is -0.120. The number of methoxy groups -OCH3 is 2. The molecule has 0 saturated heterocycles. The normalized spacial score (nSPS) is 11.8. The van der Waals surface area contributed by atoms with Crippen LogP contribution < -0.4 is 19.5 Å². The number of nitrogens with zero attached hydrogens (tertiary/aromatic N) is 1. The molecule has 1 amide bonds. The summed E-state index contributed by atoms with van der Waals surface area (Å²) in [5.74, 6) is 1.96. The average molecular weight is 372 g/mol. The van der Waals surface area contributed by atoms with Crippen LogP contribution in [0.5, 0.6) is 17.2 Å². The van der Waals surface area contributed by atoms with E-state index in [-0.39, 0.29) is 11.9 Å². The van der Waals surface area contributed by atoms with Crippen LogP contribution in [0.25, 0.3) is 0 Å². The van der Waals surface area contributed by atoms with Crippen molar-refractivity contribution in [2.24, 2.45) is 0 Å². The topological polar surface area (TPSA) is 60.0 Å². The number of amides is 1. The zero-order valence-corrected chi connectivity index (χ0v) is 16.6. The molecule has 0 radical (unpaired) electrons. The van der Waals surface area contributed by atoms with E-state index >= 15 is 0 Å². The fourth-order valence-electron chi connectivity index (χ4n) is 2.57. The zero-order valence-electron chi connectivity index (χ0n) is 16.6. The summed E-state index contributed by atoms with van der Waals surface area (Å²) in [4.78, 5) is 14.5. The lowest BCUT2D eigenvalue weighted by Crippen LogP contribution is -2.41. The van der Waals surface area contributed by atoms with Gasteiger partial charge in [0.05, 0.1) is 20.3 Å². The Labute approximate surface area is 161 Å². The Bertz CT molecular complexity index is 764. The maximum Gasteiger partial charge on any atom is 0.241 e. The van der Waals surface area contributed by atoms with Gasteiger partial charge in [0, 0.05) is 18.3 Å². The molecule has 6 heteroatoms. The van der Waals surface area contributed by atoms with Gasteiger partial charge in [-0.1, -0.05) is 18.2 Å². The Kier molecular flexibility index (Phi) is 7.49. The summed E-state index contributed by atoms with van der Waals surface area (Å²) < 4.78 is 16.3. The molecule has 0 heterocycles. The predicted molar refractivity (Wildman–Crippen MR) is 107 cm³/mol. The van der Waals surface area contributed by atoms with Gasteiger partial charge in [-0.2, -0.15) is 0 Å². The van der Waals surface area contributed by atoms with E-state index in [1.165, 1.54) is 0 Å². The van der Waals surface area contributed by atoms with Crippen molar-refractivity contribution in [3.8, 4) is 17.2 Å². The van der Waals surface area contributed by atoms with Crippen LogP contribution in [0, 0.1) is 6.92 Å². The molecule has 0 aliphatic carbocycles. The molecular formula is C21H28N2O4. The van der Waals surface area contributed by atoms with Crippen LogP contribution in [-0.4, -0.2) is 51.3 Å². The molecule has 0 spiro atoms. The molecule has 0 aliphatic heterocycles. The number of benzene rings is 2. The van der Waals surface area contributed by atoms with Gasteiger partial charge >= 0.3 is 0 Å². The second-order valence-electron chi connectivity index (χ2n) is 6.33. The molecule has 1 N–H and O–H groups in total. The van der Waals surface area contributed by atoms with E-state index in [0.717, 1.165) is 11.3 Å². The maximum absolute atomic E-state index is 12.5. The summed E-state index contributed by atoms with van der Waals surface area (Å²) in [6.07, 6.45) is 0. The van der Waals surface area contributed by atoms with Crippen molar-refractivity contribution in [3.63, 3.8) is 0 Å². The van der Waals surface area contributed by atoms with E-state index in [4.69, 9.17) is 14.2 Å². The van der Waals surface area contributed by atoms with Gasteiger partial charge in [0.1, 0.15) is 12.4 Å². The van der Waals surface area contributed by atoms with Crippen LogP contribution in [0.3, 0.4) is 0 Å². The molecule has 6 nitrogen and oxygen atoms in total. The largest absolute Gasteiger partial charge is 0.493 e. The number of carbonyl (C=O) groups excluding carboxylic acids is 1. The second kappa shape index (κ2) is 9.83. The number of hydrogen-bond acceptors (Lipinski definition) is 5. The van der Waals surface area contributed by atoms with Gasteiger partial charge in [0.2, 0.25) is 5.91 Å². The molecule has 1 atom stereocenters. The van der Waals surface area contributed by atoms with Crippen molar-refractivity contribution in [3.05, 3.63) is 48.0 Å². The first-order chi connectivity index (χ1) is 13.0. The summed E-state index contributed by atoms with van der Waals surface area (Å²) >= 11 is 0. The van der Waals surface area contributed by atoms with Crippen LogP contribution >= 0.6 is 0 Å². The van der Waals surface area contributed by atoms with Gasteiger partial charge < -0.3 is 19.5 Å². The van der Waals surface area contributed by atoms with E-state index in [9.17, 15) is 4.79 Å². The second-order valence-corrected chi connectivity index (χ2v) is 6.33. The molecule has 146 valence electrons. The first kappa shape index (κ1) is 20.6. The monoisotopic (exact) mass is 372 g/mol. The Morgan fingerprint density at radius 2 is 1.78 bits per heavy atom. The van der Waals surface area contributed by atoms with Crippen LogP contribution in [0.1, 0.15) is 12.5 Å². The number of carbonyl (C=O) groups is 1.